The summed E-state index contributed by atoms with van der Waals surface area (Å²) in [6.07, 6.45) is -0.169. The van der Waals surface area contributed by atoms with Crippen LogP contribution in [0, 0.1) is 6.92 Å². The molecule has 3 nitrogen and oxygen atoms in total. The van der Waals surface area contributed by atoms with Crippen molar-refractivity contribution in [2.75, 3.05) is 7.05 Å². The van der Waals surface area contributed by atoms with Crippen LogP contribution < -0.4 is 0 Å². The molecule has 0 unspecified atom stereocenters. The van der Waals surface area contributed by atoms with Crippen molar-refractivity contribution in [2.45, 2.75) is 31.4 Å². The third-order valence-electron chi connectivity index (χ3n) is 4.25. The van der Waals surface area contributed by atoms with Crippen molar-refractivity contribution in [2.24, 2.45) is 0 Å². The molecule has 0 saturated carbocycles. The van der Waals surface area contributed by atoms with Crippen LogP contribution in [0.15, 0.2) is 42.5 Å². The minimum absolute atomic E-state index is 0.0427. The van der Waals surface area contributed by atoms with Gasteiger partial charge in [0, 0.05) is 29.1 Å². The van der Waals surface area contributed by atoms with Gasteiger partial charge in [-0.2, -0.15) is 0 Å². The molecule has 0 radical (unpaired) electrons. The van der Waals surface area contributed by atoms with Crippen molar-refractivity contribution in [3.05, 3.63) is 57.8 Å². The first-order chi connectivity index (χ1) is 10.1. The largest absolute Gasteiger partial charge is 0.385 e. The van der Waals surface area contributed by atoms with E-state index in [-0.39, 0.29) is 17.9 Å². The van der Waals surface area contributed by atoms with Gasteiger partial charge in [-0.3, -0.25) is 4.79 Å². The summed E-state index contributed by atoms with van der Waals surface area (Å²) < 4.78 is 0. The predicted molar refractivity (Wildman–Crippen MR) is 84.4 cm³/mol. The van der Waals surface area contributed by atoms with Crippen molar-refractivity contribution in [1.29, 1.82) is 0 Å². The fourth-order valence-electron chi connectivity index (χ4n) is 3.12. The number of thiophene rings is 1. The van der Waals surface area contributed by atoms with Gasteiger partial charge in [0.2, 0.25) is 5.91 Å². The van der Waals surface area contributed by atoms with Crippen LogP contribution in [0.2, 0.25) is 0 Å². The Hall–Kier alpha value is -1.65. The summed E-state index contributed by atoms with van der Waals surface area (Å²) in [5, 5.41) is 10.8. The first kappa shape index (κ1) is 14.3. The van der Waals surface area contributed by atoms with E-state index in [0.717, 1.165) is 10.4 Å². The van der Waals surface area contributed by atoms with Crippen LogP contribution in [0.5, 0.6) is 0 Å². The van der Waals surface area contributed by atoms with E-state index in [0.29, 0.717) is 6.42 Å². The number of carbonyl (C=O) groups excluding carboxylic acids is 1. The van der Waals surface area contributed by atoms with Crippen LogP contribution in [0.3, 0.4) is 0 Å². The molecule has 110 valence electrons. The second kappa shape index (κ2) is 5.62. The Bertz CT molecular complexity index is 637. The van der Waals surface area contributed by atoms with E-state index in [1.807, 2.05) is 49.4 Å². The van der Waals surface area contributed by atoms with Gasteiger partial charge in [0.25, 0.3) is 0 Å². The number of hydrogen-bond donors (Lipinski definition) is 1. The number of aliphatic hydroxyl groups is 1. The van der Waals surface area contributed by atoms with E-state index < -0.39 is 6.10 Å². The highest BCUT2D eigenvalue weighted by Crippen LogP contribution is 2.41. The average molecular weight is 301 g/mol. The molecular formula is C17H19NO2S. The molecule has 1 N–H and O–H groups in total. The number of amides is 1. The molecule has 0 bridgehead atoms. The molecular weight excluding hydrogens is 282 g/mol. The smallest absolute Gasteiger partial charge is 0.223 e. The maximum atomic E-state index is 12.1. The number of benzene rings is 1. The summed E-state index contributed by atoms with van der Waals surface area (Å²) in [4.78, 5) is 15.9. The number of likely N-dealkylation sites (tertiary alicyclic amines) is 1. The Balaban J connectivity index is 1.94. The SMILES string of the molecule is Cc1ccc([C@H](O)[C@H]2[C@@H](c3ccccc3)CC(=O)N2C)s1. The molecule has 2 aromatic rings. The number of likely N-dealkylation sites (N-methyl/N-ethyl adjacent to an activating group) is 1. The number of carbonyl (C=O) groups is 1. The van der Waals surface area contributed by atoms with E-state index in [2.05, 4.69) is 0 Å². The fourth-order valence-corrected chi connectivity index (χ4v) is 4.02. The van der Waals surface area contributed by atoms with Crippen LogP contribution in [0.4, 0.5) is 0 Å². The third-order valence-corrected chi connectivity index (χ3v) is 5.32. The molecule has 4 heteroatoms. The summed E-state index contributed by atoms with van der Waals surface area (Å²) in [7, 11) is 1.79. The molecule has 1 aromatic carbocycles. The molecule has 1 aliphatic heterocycles. The monoisotopic (exact) mass is 301 g/mol. The van der Waals surface area contributed by atoms with Crippen LogP contribution in [-0.2, 0) is 4.79 Å². The highest BCUT2D eigenvalue weighted by Gasteiger charge is 2.43. The molecule has 1 fully saturated rings. The zero-order chi connectivity index (χ0) is 15.0. The maximum Gasteiger partial charge on any atom is 0.223 e. The predicted octanol–water partition coefficient (Wildman–Crippen LogP) is 3.10. The van der Waals surface area contributed by atoms with E-state index in [4.69, 9.17) is 0 Å². The minimum atomic E-state index is -0.634. The molecule has 0 spiro atoms. The average Bonchev–Trinajstić information content (AvgIpc) is 3.04. The molecule has 3 rings (SSSR count). The van der Waals surface area contributed by atoms with Gasteiger partial charge < -0.3 is 10.0 Å². The highest BCUT2D eigenvalue weighted by molar-refractivity contribution is 7.12. The molecule has 1 amide bonds. The molecule has 3 atom stereocenters. The summed E-state index contributed by atoms with van der Waals surface area (Å²) >= 11 is 1.60. The number of aryl methyl sites for hydroxylation is 1. The first-order valence-corrected chi connectivity index (χ1v) is 7.94. The van der Waals surface area contributed by atoms with Crippen molar-refractivity contribution in [3.8, 4) is 0 Å². The van der Waals surface area contributed by atoms with Crippen molar-refractivity contribution in [3.63, 3.8) is 0 Å². The maximum absolute atomic E-state index is 12.1. The van der Waals surface area contributed by atoms with Gasteiger partial charge in [-0.25, -0.2) is 0 Å². The quantitative estimate of drug-likeness (QED) is 0.946. The lowest BCUT2D eigenvalue weighted by Gasteiger charge is -2.29. The molecule has 2 heterocycles. The van der Waals surface area contributed by atoms with Crippen molar-refractivity contribution in [1.82, 2.24) is 4.90 Å². The lowest BCUT2D eigenvalue weighted by atomic mass is 9.88. The zero-order valence-electron chi connectivity index (χ0n) is 12.2. The second-order valence-corrected chi connectivity index (χ2v) is 6.93. The lowest BCUT2D eigenvalue weighted by Crippen LogP contribution is -2.36. The van der Waals surface area contributed by atoms with Gasteiger partial charge in [-0.1, -0.05) is 30.3 Å². The fraction of sp³-hybridized carbons (Fsp3) is 0.353. The Labute approximate surface area is 128 Å². The van der Waals surface area contributed by atoms with Gasteiger partial charge in [0.1, 0.15) is 6.10 Å². The van der Waals surface area contributed by atoms with Crippen LogP contribution >= 0.6 is 11.3 Å². The van der Waals surface area contributed by atoms with Gasteiger partial charge >= 0.3 is 0 Å². The Morgan fingerprint density at radius 1 is 1.24 bits per heavy atom. The Morgan fingerprint density at radius 2 is 1.95 bits per heavy atom. The summed E-state index contributed by atoms with van der Waals surface area (Å²) in [6, 6.07) is 13.8. The van der Waals surface area contributed by atoms with Gasteiger partial charge in [0.05, 0.1) is 6.04 Å². The Kier molecular flexibility index (Phi) is 3.83. The van der Waals surface area contributed by atoms with Gasteiger partial charge in [-0.05, 0) is 24.6 Å². The van der Waals surface area contributed by atoms with E-state index in [9.17, 15) is 9.90 Å². The highest BCUT2D eigenvalue weighted by atomic mass is 32.1. The molecule has 1 saturated heterocycles. The molecule has 1 aromatic heterocycles. The van der Waals surface area contributed by atoms with Crippen LogP contribution in [-0.4, -0.2) is 29.0 Å². The lowest BCUT2D eigenvalue weighted by molar-refractivity contribution is -0.128. The van der Waals surface area contributed by atoms with Crippen molar-refractivity contribution < 1.29 is 9.90 Å². The number of rotatable bonds is 3. The van der Waals surface area contributed by atoms with E-state index in [1.54, 1.807) is 23.3 Å². The number of nitrogens with zero attached hydrogens (tertiary/aromatic N) is 1. The summed E-state index contributed by atoms with van der Waals surface area (Å²) in [6.45, 7) is 2.03. The van der Waals surface area contributed by atoms with Crippen LogP contribution in [0.1, 0.15) is 33.8 Å². The van der Waals surface area contributed by atoms with Gasteiger partial charge in [-0.15, -0.1) is 11.3 Å². The summed E-state index contributed by atoms with van der Waals surface area (Å²) in [5.74, 6) is 0.141. The summed E-state index contributed by atoms with van der Waals surface area (Å²) in [5.41, 5.74) is 1.12. The van der Waals surface area contributed by atoms with E-state index >= 15 is 0 Å². The first-order valence-electron chi connectivity index (χ1n) is 7.13. The molecule has 1 aliphatic rings. The third kappa shape index (κ3) is 2.61. The number of aliphatic hydroxyl groups excluding tert-OH is 1. The number of hydrogen-bond acceptors (Lipinski definition) is 3. The van der Waals surface area contributed by atoms with E-state index in [1.165, 1.54) is 4.88 Å². The topological polar surface area (TPSA) is 40.5 Å². The minimum Gasteiger partial charge on any atom is -0.385 e. The standard InChI is InChI=1S/C17H19NO2S/c1-11-8-9-14(21-11)17(20)16-13(10-15(19)18(16)2)12-6-4-3-5-7-12/h3-9,13,16-17,20H,10H2,1-2H3/t13-,16-,17+/m1/s1. The van der Waals surface area contributed by atoms with Crippen molar-refractivity contribution >= 4 is 17.2 Å². The molecule has 0 aliphatic carbocycles. The normalized spacial score (nSPS) is 23.6. The van der Waals surface area contributed by atoms with Gasteiger partial charge in [0.15, 0.2) is 0 Å². The Morgan fingerprint density at radius 3 is 2.57 bits per heavy atom. The second-order valence-electron chi connectivity index (χ2n) is 5.61. The zero-order valence-corrected chi connectivity index (χ0v) is 13.0. The van der Waals surface area contributed by atoms with Crippen LogP contribution in [0.25, 0.3) is 0 Å². The molecule has 21 heavy (non-hydrogen) atoms.